The van der Waals surface area contributed by atoms with E-state index in [2.05, 4.69) is 5.32 Å². The Balaban J connectivity index is 2.43. The van der Waals surface area contributed by atoms with Gasteiger partial charge in [0.1, 0.15) is 0 Å². The molecule has 0 aliphatic carbocycles. The summed E-state index contributed by atoms with van der Waals surface area (Å²) in [6.45, 7) is 2.86. The van der Waals surface area contributed by atoms with Gasteiger partial charge in [-0.2, -0.15) is 0 Å². The van der Waals surface area contributed by atoms with Crippen molar-refractivity contribution in [3.8, 4) is 0 Å². The first-order valence-corrected chi connectivity index (χ1v) is 8.95. The molecule has 1 atom stereocenters. The summed E-state index contributed by atoms with van der Waals surface area (Å²) in [7, 11) is -1.61. The molecule has 6 heteroatoms. The monoisotopic (exact) mass is 312 g/mol. The van der Waals surface area contributed by atoms with E-state index in [1.807, 2.05) is 37.3 Å². The average Bonchev–Trinajstić information content (AvgIpc) is 2.44. The zero-order chi connectivity index (χ0) is 15.9. The third-order valence-electron chi connectivity index (χ3n) is 3.44. The second kappa shape index (κ2) is 8.14. The Bertz CT molecular complexity index is 543. The summed E-state index contributed by atoms with van der Waals surface area (Å²) in [5, 5.41) is 2.88. The lowest BCUT2D eigenvalue weighted by atomic mass is 9.96. The maximum atomic E-state index is 12.2. The van der Waals surface area contributed by atoms with Crippen LogP contribution in [0.1, 0.15) is 31.2 Å². The summed E-state index contributed by atoms with van der Waals surface area (Å²) >= 11 is 0. The van der Waals surface area contributed by atoms with Crippen molar-refractivity contribution in [3.05, 3.63) is 35.9 Å². The Morgan fingerprint density at radius 1 is 1.29 bits per heavy atom. The normalized spacial score (nSPS) is 13.1. The molecule has 0 aromatic heterocycles. The average molecular weight is 312 g/mol. The molecule has 21 heavy (non-hydrogen) atoms. The van der Waals surface area contributed by atoms with Gasteiger partial charge in [-0.15, -0.1) is 0 Å². The molecule has 0 radical (unpaired) electrons. The van der Waals surface area contributed by atoms with Crippen molar-refractivity contribution < 1.29 is 13.2 Å². The van der Waals surface area contributed by atoms with Crippen molar-refractivity contribution in [2.24, 2.45) is 0 Å². The van der Waals surface area contributed by atoms with Crippen LogP contribution in [0, 0.1) is 0 Å². The maximum Gasteiger partial charge on any atom is 0.227 e. The number of nitrogens with one attached hydrogen (secondary N) is 1. The van der Waals surface area contributed by atoms with E-state index in [-0.39, 0.29) is 11.8 Å². The van der Waals surface area contributed by atoms with Crippen molar-refractivity contribution in [3.63, 3.8) is 0 Å². The lowest BCUT2D eigenvalue weighted by Crippen LogP contribution is -2.33. The van der Waals surface area contributed by atoms with E-state index in [1.54, 1.807) is 0 Å². The SMILES string of the molecule is CCC(C(=O)NCCCN(C)S(C)(=O)=O)c1ccccc1. The number of carbonyl (C=O) groups is 1. The summed E-state index contributed by atoms with van der Waals surface area (Å²) in [5.74, 6) is -0.162. The fraction of sp³-hybridized carbons (Fsp3) is 0.533. The number of hydrogen-bond donors (Lipinski definition) is 1. The molecule has 1 amide bonds. The minimum Gasteiger partial charge on any atom is -0.356 e. The van der Waals surface area contributed by atoms with Crippen LogP contribution in [0.4, 0.5) is 0 Å². The van der Waals surface area contributed by atoms with Gasteiger partial charge in [0.2, 0.25) is 15.9 Å². The van der Waals surface area contributed by atoms with Gasteiger partial charge in [0, 0.05) is 20.1 Å². The van der Waals surface area contributed by atoms with Crippen LogP contribution in [-0.4, -0.2) is 45.0 Å². The summed E-state index contributed by atoms with van der Waals surface area (Å²) in [6, 6.07) is 9.67. The van der Waals surface area contributed by atoms with Crippen LogP contribution >= 0.6 is 0 Å². The van der Waals surface area contributed by atoms with E-state index >= 15 is 0 Å². The molecule has 0 fully saturated rings. The van der Waals surface area contributed by atoms with Crippen molar-refractivity contribution >= 4 is 15.9 Å². The molecule has 118 valence electrons. The van der Waals surface area contributed by atoms with Gasteiger partial charge < -0.3 is 5.32 Å². The van der Waals surface area contributed by atoms with Gasteiger partial charge in [-0.1, -0.05) is 37.3 Å². The predicted molar refractivity (Wildman–Crippen MR) is 84.6 cm³/mol. The standard InChI is InChI=1S/C15H24N2O3S/c1-4-14(13-9-6-5-7-10-13)15(18)16-11-8-12-17(2)21(3,19)20/h5-7,9-10,14H,4,8,11-12H2,1-3H3,(H,16,18). The van der Waals surface area contributed by atoms with Crippen molar-refractivity contribution in [2.75, 3.05) is 26.4 Å². The Labute approximate surface area is 127 Å². The largest absolute Gasteiger partial charge is 0.356 e. The molecule has 0 saturated heterocycles. The van der Waals surface area contributed by atoms with Gasteiger partial charge in [0.25, 0.3) is 0 Å². The minimum absolute atomic E-state index is 0.00860. The number of hydrogen-bond acceptors (Lipinski definition) is 3. The van der Waals surface area contributed by atoms with Gasteiger partial charge in [0.15, 0.2) is 0 Å². The van der Waals surface area contributed by atoms with E-state index in [0.717, 1.165) is 12.0 Å². The molecule has 1 aromatic rings. The van der Waals surface area contributed by atoms with Crippen LogP contribution < -0.4 is 5.32 Å². The molecule has 0 aliphatic rings. The second-order valence-electron chi connectivity index (χ2n) is 5.10. The summed E-state index contributed by atoms with van der Waals surface area (Å²) in [6.07, 6.45) is 2.51. The summed E-state index contributed by atoms with van der Waals surface area (Å²) in [5.41, 5.74) is 1.01. The molecule has 0 aliphatic heterocycles. The fourth-order valence-electron chi connectivity index (χ4n) is 2.06. The quantitative estimate of drug-likeness (QED) is 0.741. The van der Waals surface area contributed by atoms with Gasteiger partial charge in [-0.05, 0) is 18.4 Å². The number of benzene rings is 1. The molecule has 1 aromatic carbocycles. The minimum atomic E-state index is -3.15. The summed E-state index contributed by atoms with van der Waals surface area (Å²) < 4.78 is 23.8. The van der Waals surface area contributed by atoms with E-state index in [4.69, 9.17) is 0 Å². The number of sulfonamides is 1. The smallest absolute Gasteiger partial charge is 0.227 e. The van der Waals surface area contributed by atoms with Crippen LogP contribution in [-0.2, 0) is 14.8 Å². The highest BCUT2D eigenvalue weighted by molar-refractivity contribution is 7.88. The third-order valence-corrected chi connectivity index (χ3v) is 4.76. The van der Waals surface area contributed by atoms with Crippen molar-refractivity contribution in [1.29, 1.82) is 0 Å². The van der Waals surface area contributed by atoms with Crippen LogP contribution in [0.5, 0.6) is 0 Å². The van der Waals surface area contributed by atoms with Crippen LogP contribution in [0.2, 0.25) is 0 Å². The van der Waals surface area contributed by atoms with Gasteiger partial charge in [-0.25, -0.2) is 12.7 Å². The van der Waals surface area contributed by atoms with Crippen LogP contribution in [0.25, 0.3) is 0 Å². The van der Waals surface area contributed by atoms with E-state index < -0.39 is 10.0 Å². The van der Waals surface area contributed by atoms with Crippen molar-refractivity contribution in [1.82, 2.24) is 9.62 Å². The molecule has 1 unspecified atom stereocenters. The number of carbonyl (C=O) groups excluding carboxylic acids is 1. The molecular weight excluding hydrogens is 288 g/mol. The molecule has 0 bridgehead atoms. The zero-order valence-corrected chi connectivity index (χ0v) is 13.7. The van der Waals surface area contributed by atoms with Gasteiger partial charge in [0.05, 0.1) is 12.2 Å². The highest BCUT2D eigenvalue weighted by Crippen LogP contribution is 2.19. The second-order valence-corrected chi connectivity index (χ2v) is 7.19. The van der Waals surface area contributed by atoms with E-state index in [9.17, 15) is 13.2 Å². The topological polar surface area (TPSA) is 66.5 Å². The van der Waals surface area contributed by atoms with Crippen LogP contribution in [0.15, 0.2) is 30.3 Å². The Morgan fingerprint density at radius 2 is 1.90 bits per heavy atom. The zero-order valence-electron chi connectivity index (χ0n) is 12.9. The first-order chi connectivity index (χ1) is 9.86. The first kappa shape index (κ1) is 17.7. The Hall–Kier alpha value is -1.40. The third kappa shape index (κ3) is 5.85. The lowest BCUT2D eigenvalue weighted by Gasteiger charge is -2.17. The van der Waals surface area contributed by atoms with Crippen molar-refractivity contribution in [2.45, 2.75) is 25.7 Å². The number of amides is 1. The van der Waals surface area contributed by atoms with E-state index in [1.165, 1.54) is 17.6 Å². The lowest BCUT2D eigenvalue weighted by molar-refractivity contribution is -0.122. The summed E-state index contributed by atoms with van der Waals surface area (Å²) in [4.78, 5) is 12.2. The number of rotatable bonds is 8. The Morgan fingerprint density at radius 3 is 2.43 bits per heavy atom. The molecule has 5 nitrogen and oxygen atoms in total. The molecule has 1 rings (SSSR count). The van der Waals surface area contributed by atoms with Gasteiger partial charge in [-0.3, -0.25) is 4.79 Å². The highest BCUT2D eigenvalue weighted by atomic mass is 32.2. The number of nitrogens with zero attached hydrogens (tertiary/aromatic N) is 1. The fourth-order valence-corrected chi connectivity index (χ4v) is 2.52. The molecule has 0 spiro atoms. The van der Waals surface area contributed by atoms with E-state index in [0.29, 0.717) is 19.5 Å². The van der Waals surface area contributed by atoms with Gasteiger partial charge >= 0.3 is 0 Å². The molecule has 1 N–H and O–H groups in total. The first-order valence-electron chi connectivity index (χ1n) is 7.10. The Kier molecular flexibility index (Phi) is 6.84. The molecule has 0 saturated carbocycles. The maximum absolute atomic E-state index is 12.2. The predicted octanol–water partition coefficient (Wildman–Crippen LogP) is 1.58. The highest BCUT2D eigenvalue weighted by Gasteiger charge is 2.18. The van der Waals surface area contributed by atoms with Crippen LogP contribution in [0.3, 0.4) is 0 Å². The molecule has 0 heterocycles. The molecular formula is C15H24N2O3S.